The number of carbonyl (C=O) groups is 3. The second-order valence-electron chi connectivity index (χ2n) is 10.5. The van der Waals surface area contributed by atoms with Crippen LogP contribution in [-0.2, 0) is 20.9 Å². The number of nitrogens with one attached hydrogen (secondary N) is 1. The van der Waals surface area contributed by atoms with Crippen LogP contribution in [0.4, 0.5) is 0 Å². The Morgan fingerprint density at radius 1 is 0.795 bits per heavy atom. The number of aromatic nitrogens is 2. The fourth-order valence-electron chi connectivity index (χ4n) is 4.57. The quantitative estimate of drug-likeness (QED) is 0.152. The highest BCUT2D eigenvalue weighted by Gasteiger charge is 2.22. The van der Waals surface area contributed by atoms with Gasteiger partial charge in [0.25, 0.3) is 0 Å². The van der Waals surface area contributed by atoms with E-state index in [9.17, 15) is 14.4 Å². The third-order valence-corrected chi connectivity index (χ3v) is 6.90. The van der Waals surface area contributed by atoms with Gasteiger partial charge in [-0.05, 0) is 38.8 Å². The van der Waals surface area contributed by atoms with E-state index in [1.54, 1.807) is 17.4 Å². The molecule has 0 atom stereocenters. The van der Waals surface area contributed by atoms with Gasteiger partial charge in [0.2, 0.25) is 17.7 Å². The molecule has 0 aromatic carbocycles. The van der Waals surface area contributed by atoms with Crippen molar-refractivity contribution in [2.75, 3.05) is 45.8 Å². The summed E-state index contributed by atoms with van der Waals surface area (Å²) in [7, 11) is 0. The first-order chi connectivity index (χ1) is 19.0. The Hall–Kier alpha value is -2.46. The number of imidazole rings is 1. The molecule has 10 heteroatoms. The molecular formula is C29H55N7O3. The van der Waals surface area contributed by atoms with Crippen molar-refractivity contribution < 1.29 is 14.4 Å². The van der Waals surface area contributed by atoms with Crippen LogP contribution in [0.5, 0.6) is 0 Å². The van der Waals surface area contributed by atoms with Gasteiger partial charge in [-0.3, -0.25) is 14.4 Å². The molecule has 0 spiro atoms. The average Bonchev–Trinajstić information content (AvgIpc) is 3.43. The smallest absolute Gasteiger partial charge is 0.242 e. The molecule has 224 valence electrons. The van der Waals surface area contributed by atoms with Crippen molar-refractivity contribution in [3.63, 3.8) is 0 Å². The number of nitrogens with zero attached hydrogens (tertiary/aromatic N) is 4. The van der Waals surface area contributed by atoms with Gasteiger partial charge >= 0.3 is 0 Å². The Morgan fingerprint density at radius 2 is 1.41 bits per heavy atom. The van der Waals surface area contributed by atoms with E-state index in [2.05, 4.69) is 17.2 Å². The van der Waals surface area contributed by atoms with E-state index in [1.807, 2.05) is 10.8 Å². The Labute approximate surface area is 236 Å². The molecule has 5 N–H and O–H groups in total. The number of nitrogens with two attached hydrogens (primary N) is 2. The van der Waals surface area contributed by atoms with E-state index < -0.39 is 5.91 Å². The third kappa shape index (κ3) is 18.5. The maximum Gasteiger partial charge on any atom is 0.242 e. The molecule has 0 aliphatic heterocycles. The van der Waals surface area contributed by atoms with Crippen molar-refractivity contribution in [1.29, 1.82) is 0 Å². The number of amides is 3. The lowest BCUT2D eigenvalue weighted by molar-refractivity contribution is -0.141. The standard InChI is InChI=1S/C29H55N7O3/c1-2-3-4-5-6-7-8-9-10-11-13-17-32-23-28(38)36(20-14-12-16-30)25-29(39)35(24-27(31)37)21-15-19-34-22-18-33-26-34/h18,22,26,32H,2-17,19-21,23-25,30H2,1H3,(H2,31,37). The molecule has 1 rings (SSSR count). The van der Waals surface area contributed by atoms with Crippen LogP contribution in [0.15, 0.2) is 18.7 Å². The van der Waals surface area contributed by atoms with Crippen LogP contribution in [0.1, 0.15) is 96.8 Å². The maximum atomic E-state index is 13.1. The Balaban J connectivity index is 2.37. The van der Waals surface area contributed by atoms with E-state index in [1.165, 1.54) is 62.7 Å². The number of primary amides is 1. The van der Waals surface area contributed by atoms with Crippen LogP contribution in [0.3, 0.4) is 0 Å². The van der Waals surface area contributed by atoms with Gasteiger partial charge in [-0.25, -0.2) is 4.98 Å². The number of aryl methyl sites for hydroxylation is 1. The van der Waals surface area contributed by atoms with E-state index in [-0.39, 0.29) is 31.4 Å². The third-order valence-electron chi connectivity index (χ3n) is 6.90. The van der Waals surface area contributed by atoms with Crippen molar-refractivity contribution >= 4 is 17.7 Å². The minimum Gasteiger partial charge on any atom is -0.368 e. The molecule has 1 heterocycles. The van der Waals surface area contributed by atoms with Crippen LogP contribution >= 0.6 is 0 Å². The summed E-state index contributed by atoms with van der Waals surface area (Å²) in [6, 6.07) is 0. The van der Waals surface area contributed by atoms with Gasteiger partial charge in [0.15, 0.2) is 0 Å². The number of hydrogen-bond acceptors (Lipinski definition) is 6. The zero-order valence-corrected chi connectivity index (χ0v) is 24.5. The Kier molecular flexibility index (Phi) is 20.8. The van der Waals surface area contributed by atoms with Crippen molar-refractivity contribution in [3.8, 4) is 0 Å². The molecule has 3 amide bonds. The van der Waals surface area contributed by atoms with Crippen LogP contribution in [0, 0.1) is 0 Å². The van der Waals surface area contributed by atoms with Gasteiger partial charge in [0.05, 0.1) is 26.0 Å². The number of rotatable bonds is 26. The van der Waals surface area contributed by atoms with Gasteiger partial charge in [0.1, 0.15) is 0 Å². The molecular weight excluding hydrogens is 494 g/mol. The van der Waals surface area contributed by atoms with Gasteiger partial charge in [-0.1, -0.05) is 71.1 Å². The summed E-state index contributed by atoms with van der Waals surface area (Å²) in [4.78, 5) is 44.6. The minimum absolute atomic E-state index is 0.0676. The molecule has 0 aliphatic rings. The summed E-state index contributed by atoms with van der Waals surface area (Å²) in [5.74, 6) is -0.951. The lowest BCUT2D eigenvalue weighted by Gasteiger charge is -2.27. The van der Waals surface area contributed by atoms with Gasteiger partial charge in [-0.15, -0.1) is 0 Å². The van der Waals surface area contributed by atoms with E-state index in [0.717, 1.165) is 32.2 Å². The van der Waals surface area contributed by atoms with E-state index >= 15 is 0 Å². The first-order valence-electron chi connectivity index (χ1n) is 15.2. The number of hydrogen-bond donors (Lipinski definition) is 3. The summed E-state index contributed by atoms with van der Waals surface area (Å²) in [5, 5.41) is 3.25. The largest absolute Gasteiger partial charge is 0.368 e. The average molecular weight is 550 g/mol. The summed E-state index contributed by atoms with van der Waals surface area (Å²) in [6.07, 6.45) is 21.6. The predicted molar refractivity (Wildman–Crippen MR) is 157 cm³/mol. The molecule has 0 saturated heterocycles. The monoisotopic (exact) mass is 549 g/mol. The molecule has 1 aromatic heterocycles. The fraction of sp³-hybridized carbons (Fsp3) is 0.793. The first-order valence-corrected chi connectivity index (χ1v) is 15.2. The van der Waals surface area contributed by atoms with Crippen LogP contribution < -0.4 is 16.8 Å². The van der Waals surface area contributed by atoms with Crippen LogP contribution in [0.25, 0.3) is 0 Å². The van der Waals surface area contributed by atoms with Gasteiger partial charge < -0.3 is 31.2 Å². The SMILES string of the molecule is CCCCCCCCCCCCCNCC(=O)N(CCCCN)CC(=O)N(CCCn1ccnc1)CC(N)=O. The lowest BCUT2D eigenvalue weighted by atomic mass is 10.1. The number of unbranched alkanes of at least 4 members (excludes halogenated alkanes) is 11. The second kappa shape index (κ2) is 23.4. The summed E-state index contributed by atoms with van der Waals surface area (Å²) >= 11 is 0. The first kappa shape index (κ1) is 34.6. The van der Waals surface area contributed by atoms with E-state index in [4.69, 9.17) is 11.5 Å². The predicted octanol–water partition coefficient (Wildman–Crippen LogP) is 3.06. The summed E-state index contributed by atoms with van der Waals surface area (Å²) < 4.78 is 1.91. The van der Waals surface area contributed by atoms with Crippen LogP contribution in [0.2, 0.25) is 0 Å². The number of carbonyl (C=O) groups excluding carboxylic acids is 3. The molecule has 0 fully saturated rings. The topological polar surface area (TPSA) is 140 Å². The molecule has 0 unspecified atom stereocenters. The van der Waals surface area contributed by atoms with E-state index in [0.29, 0.717) is 32.6 Å². The van der Waals surface area contributed by atoms with Crippen molar-refractivity contribution in [1.82, 2.24) is 24.7 Å². The molecule has 39 heavy (non-hydrogen) atoms. The Morgan fingerprint density at radius 3 is 2.00 bits per heavy atom. The van der Waals surface area contributed by atoms with Gasteiger partial charge in [0, 0.05) is 32.0 Å². The van der Waals surface area contributed by atoms with Crippen molar-refractivity contribution in [2.45, 2.75) is 103 Å². The molecule has 10 nitrogen and oxygen atoms in total. The fourth-order valence-corrected chi connectivity index (χ4v) is 4.57. The maximum absolute atomic E-state index is 13.1. The zero-order chi connectivity index (χ0) is 28.6. The normalized spacial score (nSPS) is 11.0. The molecule has 0 saturated carbocycles. The van der Waals surface area contributed by atoms with Gasteiger partial charge in [-0.2, -0.15) is 0 Å². The second-order valence-corrected chi connectivity index (χ2v) is 10.5. The summed E-state index contributed by atoms with van der Waals surface area (Å²) in [5.41, 5.74) is 11.0. The van der Waals surface area contributed by atoms with Crippen molar-refractivity contribution in [2.24, 2.45) is 11.5 Å². The zero-order valence-electron chi connectivity index (χ0n) is 24.5. The van der Waals surface area contributed by atoms with Crippen LogP contribution in [-0.4, -0.2) is 82.9 Å². The minimum atomic E-state index is -0.569. The highest BCUT2D eigenvalue weighted by atomic mass is 16.2. The molecule has 0 bridgehead atoms. The summed E-state index contributed by atoms with van der Waals surface area (Å²) in [6.45, 7) is 5.05. The molecule has 0 radical (unpaired) electrons. The highest BCUT2D eigenvalue weighted by molar-refractivity contribution is 5.88. The molecule has 0 aliphatic carbocycles. The highest BCUT2D eigenvalue weighted by Crippen LogP contribution is 2.11. The van der Waals surface area contributed by atoms with Crippen molar-refractivity contribution in [3.05, 3.63) is 18.7 Å². The molecule has 1 aromatic rings. The lowest BCUT2D eigenvalue weighted by Crippen LogP contribution is -2.48. The Bertz CT molecular complexity index is 758.